The summed E-state index contributed by atoms with van der Waals surface area (Å²) in [6, 6.07) is 6.72. The zero-order chi connectivity index (χ0) is 17.8. The second kappa shape index (κ2) is 7.43. The minimum absolute atomic E-state index is 0.0233. The van der Waals surface area contributed by atoms with Crippen molar-refractivity contribution < 1.29 is 19.5 Å². The maximum atomic E-state index is 12.1. The van der Waals surface area contributed by atoms with E-state index in [4.69, 9.17) is 5.11 Å². The maximum absolute atomic E-state index is 12.1. The number of aromatic carboxylic acids is 1. The van der Waals surface area contributed by atoms with Gasteiger partial charge in [-0.25, -0.2) is 9.78 Å². The molecule has 3 N–H and O–H groups in total. The number of anilines is 1. The molecule has 2 amide bonds. The van der Waals surface area contributed by atoms with Crippen LogP contribution in [0.5, 0.6) is 0 Å². The van der Waals surface area contributed by atoms with E-state index in [2.05, 4.69) is 15.6 Å². The number of nitrogens with zero attached hydrogens (tertiary/aromatic N) is 1. The van der Waals surface area contributed by atoms with Crippen LogP contribution < -0.4 is 10.6 Å². The number of amides is 2. The van der Waals surface area contributed by atoms with Crippen LogP contribution in [0.1, 0.15) is 38.7 Å². The van der Waals surface area contributed by atoms with Gasteiger partial charge in [0, 0.05) is 35.5 Å². The number of carbonyl (C=O) groups excluding carboxylic acids is 2. The Morgan fingerprint density at radius 2 is 1.92 bits per heavy atom. The van der Waals surface area contributed by atoms with E-state index in [1.807, 2.05) is 0 Å². The van der Waals surface area contributed by atoms with Crippen molar-refractivity contribution in [3.8, 4) is 0 Å². The summed E-state index contributed by atoms with van der Waals surface area (Å²) >= 11 is 1.26. The monoisotopic (exact) mass is 359 g/mol. The van der Waals surface area contributed by atoms with E-state index >= 15 is 0 Å². The molecule has 0 spiro atoms. The minimum Gasteiger partial charge on any atom is -0.476 e. The van der Waals surface area contributed by atoms with Crippen molar-refractivity contribution in [2.24, 2.45) is 5.92 Å². The molecule has 1 aromatic heterocycles. The van der Waals surface area contributed by atoms with E-state index in [-0.39, 0.29) is 23.4 Å². The number of benzene rings is 1. The average molecular weight is 359 g/mol. The highest BCUT2D eigenvalue weighted by Gasteiger charge is 2.29. The fourth-order valence-electron chi connectivity index (χ4n) is 2.20. The molecule has 0 atom stereocenters. The largest absolute Gasteiger partial charge is 0.476 e. The Balaban J connectivity index is 1.47. The van der Waals surface area contributed by atoms with E-state index in [0.717, 1.165) is 12.8 Å². The fourth-order valence-corrected chi connectivity index (χ4v) is 2.98. The molecule has 1 fully saturated rings. The predicted molar refractivity (Wildman–Crippen MR) is 92.9 cm³/mol. The summed E-state index contributed by atoms with van der Waals surface area (Å²) in [5.41, 5.74) is 1.20. The Hall–Kier alpha value is -2.74. The van der Waals surface area contributed by atoms with Crippen LogP contribution in [0.2, 0.25) is 0 Å². The van der Waals surface area contributed by atoms with Crippen LogP contribution in [0.3, 0.4) is 0 Å². The molecule has 1 saturated carbocycles. The first-order valence-corrected chi connectivity index (χ1v) is 8.77. The Morgan fingerprint density at radius 1 is 1.20 bits per heavy atom. The lowest BCUT2D eigenvalue weighted by Gasteiger charge is -2.07. The number of nitrogens with one attached hydrogen (secondary N) is 2. The molecule has 0 aliphatic heterocycles. The molecule has 0 bridgehead atoms. The quantitative estimate of drug-likeness (QED) is 0.702. The third-order valence-corrected chi connectivity index (χ3v) is 4.67. The lowest BCUT2D eigenvalue weighted by molar-refractivity contribution is -0.117. The molecule has 2 aromatic rings. The number of aromatic nitrogens is 1. The van der Waals surface area contributed by atoms with E-state index in [0.29, 0.717) is 29.2 Å². The summed E-state index contributed by atoms with van der Waals surface area (Å²) in [4.78, 5) is 38.5. The van der Waals surface area contributed by atoms with Crippen LogP contribution in [-0.4, -0.2) is 34.4 Å². The van der Waals surface area contributed by atoms with Gasteiger partial charge in [0.1, 0.15) is 0 Å². The van der Waals surface area contributed by atoms with Crippen LogP contribution in [0, 0.1) is 5.92 Å². The summed E-state index contributed by atoms with van der Waals surface area (Å²) < 4.78 is 0. The number of hydrogen-bond acceptors (Lipinski definition) is 5. The minimum atomic E-state index is -1.06. The number of hydrogen-bond donors (Lipinski definition) is 3. The second-order valence-corrected chi connectivity index (χ2v) is 6.72. The van der Waals surface area contributed by atoms with Gasteiger partial charge in [0.2, 0.25) is 5.91 Å². The van der Waals surface area contributed by atoms with Gasteiger partial charge in [0.05, 0.1) is 5.01 Å². The fraction of sp³-hybridized carbons (Fsp3) is 0.294. The van der Waals surface area contributed by atoms with Crippen LogP contribution in [0.15, 0.2) is 29.6 Å². The Kier molecular flexibility index (Phi) is 5.08. The summed E-state index contributed by atoms with van der Waals surface area (Å²) in [5, 5.41) is 16.6. The highest BCUT2D eigenvalue weighted by atomic mass is 32.1. The van der Waals surface area contributed by atoms with E-state index in [1.54, 1.807) is 24.3 Å². The van der Waals surface area contributed by atoms with Gasteiger partial charge in [-0.1, -0.05) is 0 Å². The van der Waals surface area contributed by atoms with Crippen LogP contribution >= 0.6 is 11.3 Å². The SMILES string of the molecule is O=C(NCCc1nc(C(=O)O)cs1)c1ccc(NC(=O)C2CC2)cc1. The van der Waals surface area contributed by atoms with Crippen LogP contribution in [0.25, 0.3) is 0 Å². The van der Waals surface area contributed by atoms with Crippen molar-refractivity contribution in [3.05, 3.63) is 45.9 Å². The van der Waals surface area contributed by atoms with Gasteiger partial charge in [-0.05, 0) is 37.1 Å². The van der Waals surface area contributed by atoms with Crippen molar-refractivity contribution in [1.82, 2.24) is 10.3 Å². The number of carboxylic acid groups (broad SMARTS) is 1. The van der Waals surface area contributed by atoms with Gasteiger partial charge in [0.15, 0.2) is 5.69 Å². The molecule has 1 aromatic carbocycles. The average Bonchev–Trinajstić information content (AvgIpc) is 3.34. The van der Waals surface area contributed by atoms with Crippen molar-refractivity contribution in [2.45, 2.75) is 19.3 Å². The highest BCUT2D eigenvalue weighted by Crippen LogP contribution is 2.30. The molecule has 7 nitrogen and oxygen atoms in total. The van der Waals surface area contributed by atoms with Gasteiger partial charge in [-0.2, -0.15) is 0 Å². The molecule has 3 rings (SSSR count). The van der Waals surface area contributed by atoms with E-state index in [1.165, 1.54) is 16.7 Å². The van der Waals surface area contributed by atoms with E-state index in [9.17, 15) is 14.4 Å². The van der Waals surface area contributed by atoms with Crippen molar-refractivity contribution in [2.75, 3.05) is 11.9 Å². The summed E-state index contributed by atoms with van der Waals surface area (Å²) in [6.45, 7) is 0.367. The number of carboxylic acids is 1. The molecule has 130 valence electrons. The topological polar surface area (TPSA) is 108 Å². The lowest BCUT2D eigenvalue weighted by Crippen LogP contribution is -2.25. The third kappa shape index (κ3) is 4.63. The molecule has 0 saturated heterocycles. The van der Waals surface area contributed by atoms with Crippen LogP contribution in [0.4, 0.5) is 5.69 Å². The smallest absolute Gasteiger partial charge is 0.355 e. The first-order chi connectivity index (χ1) is 12.0. The Labute approximate surface area is 148 Å². The van der Waals surface area contributed by atoms with Crippen molar-refractivity contribution >= 4 is 34.8 Å². The van der Waals surface area contributed by atoms with Gasteiger partial charge in [-0.15, -0.1) is 11.3 Å². The Morgan fingerprint density at radius 3 is 2.52 bits per heavy atom. The summed E-state index contributed by atoms with van der Waals surface area (Å²) in [5.74, 6) is -1.12. The summed E-state index contributed by atoms with van der Waals surface area (Å²) in [6.07, 6.45) is 2.36. The molecule has 0 radical (unpaired) electrons. The zero-order valence-corrected chi connectivity index (χ0v) is 14.1. The first kappa shape index (κ1) is 17.1. The van der Waals surface area contributed by atoms with Gasteiger partial charge in [0.25, 0.3) is 5.91 Å². The first-order valence-electron chi connectivity index (χ1n) is 7.90. The molecule has 1 aliphatic carbocycles. The number of rotatable bonds is 7. The summed E-state index contributed by atoms with van der Waals surface area (Å²) in [7, 11) is 0. The molecule has 1 heterocycles. The molecule has 0 unspecified atom stereocenters. The standard InChI is InChI=1S/C17H17N3O4S/c21-15(18-8-7-14-20-13(9-25-14)17(23)24)10-3-5-12(6-4-10)19-16(22)11-1-2-11/h3-6,9,11H,1-2,7-8H2,(H,18,21)(H,19,22)(H,23,24). The highest BCUT2D eigenvalue weighted by molar-refractivity contribution is 7.09. The van der Waals surface area contributed by atoms with Crippen LogP contribution in [-0.2, 0) is 11.2 Å². The van der Waals surface area contributed by atoms with Gasteiger partial charge >= 0.3 is 5.97 Å². The maximum Gasteiger partial charge on any atom is 0.355 e. The Bertz CT molecular complexity index is 796. The van der Waals surface area contributed by atoms with Crippen molar-refractivity contribution in [1.29, 1.82) is 0 Å². The van der Waals surface area contributed by atoms with Gasteiger partial charge in [-0.3, -0.25) is 9.59 Å². The molecule has 8 heteroatoms. The predicted octanol–water partition coefficient (Wildman–Crippen LogP) is 2.16. The molecule has 1 aliphatic rings. The number of carbonyl (C=O) groups is 3. The lowest BCUT2D eigenvalue weighted by atomic mass is 10.2. The van der Waals surface area contributed by atoms with Crippen molar-refractivity contribution in [3.63, 3.8) is 0 Å². The third-order valence-electron chi connectivity index (χ3n) is 3.76. The zero-order valence-electron chi connectivity index (χ0n) is 13.3. The van der Waals surface area contributed by atoms with Gasteiger partial charge < -0.3 is 15.7 Å². The second-order valence-electron chi connectivity index (χ2n) is 5.78. The number of thiazole rings is 1. The normalized spacial score (nSPS) is 13.3. The van der Waals surface area contributed by atoms with E-state index < -0.39 is 5.97 Å². The molecular weight excluding hydrogens is 342 g/mol. The molecule has 25 heavy (non-hydrogen) atoms. The molecular formula is C17H17N3O4S.